The van der Waals surface area contributed by atoms with Crippen molar-refractivity contribution in [2.24, 2.45) is 13.0 Å². The van der Waals surface area contributed by atoms with Crippen LogP contribution in [0.25, 0.3) is 11.0 Å². The first-order valence-corrected chi connectivity index (χ1v) is 12.6. The molecular formula is C25H35N5O4. The molecule has 3 fully saturated rings. The van der Waals surface area contributed by atoms with Crippen molar-refractivity contribution in [1.29, 1.82) is 0 Å². The fourth-order valence-corrected chi connectivity index (χ4v) is 5.54. The molecule has 1 atom stereocenters. The fourth-order valence-electron chi connectivity index (χ4n) is 5.54. The van der Waals surface area contributed by atoms with Crippen LogP contribution in [0.4, 0.5) is 0 Å². The predicted octanol–water partition coefficient (Wildman–Crippen LogP) is 1.30. The average molecular weight is 470 g/mol. The van der Waals surface area contributed by atoms with Crippen LogP contribution < -0.4 is 16.3 Å². The Kier molecular flexibility index (Phi) is 6.85. The Morgan fingerprint density at radius 3 is 2.50 bits per heavy atom. The number of likely N-dealkylation sites (tertiary alicyclic amines) is 1. The van der Waals surface area contributed by atoms with E-state index in [2.05, 4.69) is 27.7 Å². The van der Waals surface area contributed by atoms with E-state index in [4.69, 9.17) is 4.74 Å². The third-order valence-electron chi connectivity index (χ3n) is 7.64. The molecule has 4 heterocycles. The minimum Gasteiger partial charge on any atom is -0.378 e. The lowest BCUT2D eigenvalue weighted by Crippen LogP contribution is -2.44. The highest BCUT2D eigenvalue weighted by atomic mass is 16.5. The number of ether oxygens (including phenoxy) is 1. The summed E-state index contributed by atoms with van der Waals surface area (Å²) in [5.41, 5.74) is 2.49. The Hall–Kier alpha value is -2.49. The molecular weight excluding hydrogens is 434 g/mol. The van der Waals surface area contributed by atoms with Gasteiger partial charge in [-0.1, -0.05) is 6.07 Å². The number of aryl methyl sites for hydroxylation is 1. The molecule has 0 aliphatic carbocycles. The van der Waals surface area contributed by atoms with Gasteiger partial charge in [0.25, 0.3) is 0 Å². The minimum absolute atomic E-state index is 0.226. The van der Waals surface area contributed by atoms with E-state index in [9.17, 15) is 14.4 Å². The maximum Gasteiger partial charge on any atom is 0.329 e. The summed E-state index contributed by atoms with van der Waals surface area (Å²) in [6.45, 7) is 5.95. The van der Waals surface area contributed by atoms with Gasteiger partial charge in [-0.15, -0.1) is 0 Å². The molecule has 2 N–H and O–H groups in total. The van der Waals surface area contributed by atoms with Crippen molar-refractivity contribution in [2.45, 2.75) is 57.2 Å². The molecule has 1 aromatic heterocycles. The van der Waals surface area contributed by atoms with Gasteiger partial charge in [0.05, 0.1) is 17.1 Å². The first kappa shape index (κ1) is 23.3. The number of rotatable bonds is 6. The standard InChI is InChI=1S/C25H35N5O4/c1-28-22-14-18(2-3-20(22)30(25(28)33)21-4-5-23(31)27-24(21)32)15-29-12-8-17(9-13-29)16-34-19-6-10-26-11-7-19/h2-3,14,17,19,21,26H,4-13,15-16H2,1H3,(H,27,31,32). The summed E-state index contributed by atoms with van der Waals surface area (Å²) < 4.78 is 9.31. The number of imide groups is 1. The molecule has 2 amide bonds. The van der Waals surface area contributed by atoms with Crippen LogP contribution in [0.5, 0.6) is 0 Å². The highest BCUT2D eigenvalue weighted by molar-refractivity contribution is 6.00. The lowest BCUT2D eigenvalue weighted by Gasteiger charge is -2.33. The zero-order chi connectivity index (χ0) is 23.7. The minimum atomic E-state index is -0.647. The zero-order valence-electron chi connectivity index (χ0n) is 19.9. The second kappa shape index (κ2) is 10.0. The van der Waals surface area contributed by atoms with E-state index in [1.54, 1.807) is 11.6 Å². The monoisotopic (exact) mass is 469 g/mol. The van der Waals surface area contributed by atoms with Crippen molar-refractivity contribution < 1.29 is 14.3 Å². The Bertz CT molecular complexity index is 1110. The van der Waals surface area contributed by atoms with Crippen LogP contribution in [0.15, 0.2) is 23.0 Å². The highest BCUT2D eigenvalue weighted by Gasteiger charge is 2.31. The van der Waals surface area contributed by atoms with Crippen LogP contribution in [0, 0.1) is 5.92 Å². The quantitative estimate of drug-likeness (QED) is 0.619. The van der Waals surface area contributed by atoms with E-state index in [-0.39, 0.29) is 18.0 Å². The first-order valence-electron chi connectivity index (χ1n) is 12.6. The number of imidazole rings is 1. The molecule has 0 spiro atoms. The number of amides is 2. The lowest BCUT2D eigenvalue weighted by molar-refractivity contribution is -0.135. The van der Waals surface area contributed by atoms with Gasteiger partial charge in [-0.25, -0.2) is 4.79 Å². The van der Waals surface area contributed by atoms with Gasteiger partial charge in [-0.2, -0.15) is 0 Å². The molecule has 184 valence electrons. The van der Waals surface area contributed by atoms with Crippen LogP contribution in [0.1, 0.15) is 50.1 Å². The Balaban J connectivity index is 1.21. The normalized spacial score (nSPS) is 23.5. The molecule has 2 aromatic rings. The van der Waals surface area contributed by atoms with Gasteiger partial charge in [0.15, 0.2) is 0 Å². The largest absolute Gasteiger partial charge is 0.378 e. The molecule has 0 bridgehead atoms. The third-order valence-corrected chi connectivity index (χ3v) is 7.64. The van der Waals surface area contributed by atoms with E-state index in [0.717, 1.165) is 81.6 Å². The number of piperidine rings is 3. The maximum absolute atomic E-state index is 13.0. The maximum atomic E-state index is 13.0. The van der Waals surface area contributed by atoms with Gasteiger partial charge in [0, 0.05) is 26.6 Å². The molecule has 3 saturated heterocycles. The number of benzene rings is 1. The summed E-state index contributed by atoms with van der Waals surface area (Å²) in [6.07, 6.45) is 5.56. The summed E-state index contributed by atoms with van der Waals surface area (Å²) in [7, 11) is 1.74. The third kappa shape index (κ3) is 4.82. The summed E-state index contributed by atoms with van der Waals surface area (Å²) in [5, 5.41) is 5.74. The molecule has 5 rings (SSSR count). The van der Waals surface area contributed by atoms with Crippen LogP contribution in [-0.2, 0) is 27.9 Å². The number of aromatic nitrogens is 2. The molecule has 1 unspecified atom stereocenters. The van der Waals surface area contributed by atoms with Crippen LogP contribution in [0.3, 0.4) is 0 Å². The van der Waals surface area contributed by atoms with Crippen molar-refractivity contribution in [3.8, 4) is 0 Å². The number of fused-ring (bicyclic) bond motifs is 1. The molecule has 0 saturated carbocycles. The fraction of sp³-hybridized carbons (Fsp3) is 0.640. The second-order valence-electron chi connectivity index (χ2n) is 10.0. The van der Waals surface area contributed by atoms with Crippen molar-refractivity contribution in [2.75, 3.05) is 32.8 Å². The SMILES string of the molecule is Cn1c(=O)n(C2CCC(=O)NC2=O)c2ccc(CN3CCC(COC4CCNCC4)CC3)cc21. The number of nitrogens with one attached hydrogen (secondary N) is 2. The lowest BCUT2D eigenvalue weighted by atomic mass is 9.97. The summed E-state index contributed by atoms with van der Waals surface area (Å²) in [5.74, 6) is -0.0441. The average Bonchev–Trinajstić information content (AvgIpc) is 3.09. The topological polar surface area (TPSA) is 97.6 Å². The molecule has 3 aliphatic rings. The van der Waals surface area contributed by atoms with Crippen LogP contribution >= 0.6 is 0 Å². The van der Waals surface area contributed by atoms with E-state index >= 15 is 0 Å². The smallest absolute Gasteiger partial charge is 0.329 e. The van der Waals surface area contributed by atoms with Gasteiger partial charge in [0.2, 0.25) is 11.8 Å². The van der Waals surface area contributed by atoms with E-state index in [0.29, 0.717) is 18.4 Å². The van der Waals surface area contributed by atoms with Gasteiger partial charge in [-0.05, 0) is 81.9 Å². The van der Waals surface area contributed by atoms with Gasteiger partial charge in [0.1, 0.15) is 6.04 Å². The van der Waals surface area contributed by atoms with E-state index in [1.807, 2.05) is 6.07 Å². The molecule has 9 nitrogen and oxygen atoms in total. The first-order chi connectivity index (χ1) is 16.5. The zero-order valence-corrected chi connectivity index (χ0v) is 19.9. The molecule has 3 aliphatic heterocycles. The number of carbonyl (C=O) groups is 2. The molecule has 1 aromatic carbocycles. The van der Waals surface area contributed by atoms with Crippen LogP contribution in [-0.4, -0.2) is 64.7 Å². The Morgan fingerprint density at radius 2 is 1.76 bits per heavy atom. The van der Waals surface area contributed by atoms with Crippen molar-refractivity contribution >= 4 is 22.8 Å². The summed E-state index contributed by atoms with van der Waals surface area (Å²) in [6, 6.07) is 5.41. The predicted molar refractivity (Wildman–Crippen MR) is 128 cm³/mol. The second-order valence-corrected chi connectivity index (χ2v) is 10.0. The number of nitrogens with zero attached hydrogens (tertiary/aromatic N) is 3. The van der Waals surface area contributed by atoms with Gasteiger partial charge in [-0.3, -0.25) is 28.9 Å². The van der Waals surface area contributed by atoms with Gasteiger partial charge >= 0.3 is 5.69 Å². The van der Waals surface area contributed by atoms with E-state index < -0.39 is 11.9 Å². The number of hydrogen-bond acceptors (Lipinski definition) is 6. The van der Waals surface area contributed by atoms with Crippen molar-refractivity contribution in [1.82, 2.24) is 24.7 Å². The number of carbonyl (C=O) groups excluding carboxylic acids is 2. The molecule has 0 radical (unpaired) electrons. The Labute approximate surface area is 199 Å². The summed E-state index contributed by atoms with van der Waals surface area (Å²) in [4.78, 5) is 39.3. The molecule has 34 heavy (non-hydrogen) atoms. The Morgan fingerprint density at radius 1 is 1.00 bits per heavy atom. The highest BCUT2D eigenvalue weighted by Crippen LogP contribution is 2.25. The van der Waals surface area contributed by atoms with Crippen LogP contribution in [0.2, 0.25) is 0 Å². The van der Waals surface area contributed by atoms with E-state index in [1.165, 1.54) is 4.57 Å². The molecule has 9 heteroatoms. The van der Waals surface area contributed by atoms with Crippen molar-refractivity contribution in [3.05, 3.63) is 34.2 Å². The number of hydrogen-bond donors (Lipinski definition) is 2. The van der Waals surface area contributed by atoms with Gasteiger partial charge < -0.3 is 10.1 Å². The summed E-state index contributed by atoms with van der Waals surface area (Å²) >= 11 is 0. The van der Waals surface area contributed by atoms with Crippen molar-refractivity contribution in [3.63, 3.8) is 0 Å².